The second-order valence-electron chi connectivity index (χ2n) is 4.56. The summed E-state index contributed by atoms with van der Waals surface area (Å²) in [5, 5.41) is 0. The minimum Gasteiger partial charge on any atom is -0.493 e. The van der Waals surface area contributed by atoms with Crippen LogP contribution in [0.5, 0.6) is 11.5 Å². The summed E-state index contributed by atoms with van der Waals surface area (Å²) in [5.41, 5.74) is 6.66. The lowest BCUT2D eigenvalue weighted by Gasteiger charge is -2.11. The summed E-state index contributed by atoms with van der Waals surface area (Å²) in [7, 11) is 1.54. The first-order valence-electron chi connectivity index (χ1n) is 6.61. The van der Waals surface area contributed by atoms with Gasteiger partial charge < -0.3 is 15.2 Å². The van der Waals surface area contributed by atoms with Gasteiger partial charge in [-0.15, -0.1) is 0 Å². The minimum absolute atomic E-state index is 0.277. The van der Waals surface area contributed by atoms with Crippen LogP contribution in [0.4, 0.5) is 4.39 Å². The van der Waals surface area contributed by atoms with Gasteiger partial charge in [-0.05, 0) is 41.5 Å². The van der Waals surface area contributed by atoms with Gasteiger partial charge in [0.1, 0.15) is 12.4 Å². The lowest BCUT2D eigenvalue weighted by molar-refractivity contribution is -0.113. The number of carbonyl (C=O) groups excluding carboxylic acids is 1. The van der Waals surface area contributed by atoms with Gasteiger partial charge in [0.05, 0.1) is 7.11 Å². The maximum atomic E-state index is 12.9. The Bertz CT molecular complexity index is 681. The van der Waals surface area contributed by atoms with Crippen LogP contribution in [0.15, 0.2) is 48.5 Å². The number of amides is 1. The summed E-state index contributed by atoms with van der Waals surface area (Å²) in [6.45, 7) is 0.277. The van der Waals surface area contributed by atoms with Gasteiger partial charge in [0.25, 0.3) is 0 Å². The van der Waals surface area contributed by atoms with E-state index in [-0.39, 0.29) is 12.4 Å². The molecule has 0 bridgehead atoms. The van der Waals surface area contributed by atoms with Crippen LogP contribution in [0.2, 0.25) is 0 Å². The highest BCUT2D eigenvalue weighted by Crippen LogP contribution is 2.29. The summed E-state index contributed by atoms with van der Waals surface area (Å²) in [6, 6.07) is 11.3. The molecule has 0 saturated heterocycles. The highest BCUT2D eigenvalue weighted by Gasteiger charge is 2.06. The molecule has 5 heteroatoms. The molecule has 2 rings (SSSR count). The van der Waals surface area contributed by atoms with Crippen LogP contribution in [0.25, 0.3) is 6.08 Å². The maximum absolute atomic E-state index is 12.9. The van der Waals surface area contributed by atoms with Crippen molar-refractivity contribution in [3.05, 3.63) is 65.5 Å². The smallest absolute Gasteiger partial charge is 0.241 e. The molecule has 1 amide bonds. The molecular weight excluding hydrogens is 285 g/mol. The van der Waals surface area contributed by atoms with Crippen molar-refractivity contribution in [2.75, 3.05) is 7.11 Å². The van der Waals surface area contributed by atoms with E-state index in [1.165, 1.54) is 18.2 Å². The number of methoxy groups -OCH3 is 1. The zero-order chi connectivity index (χ0) is 15.9. The van der Waals surface area contributed by atoms with Gasteiger partial charge in [0.15, 0.2) is 11.5 Å². The zero-order valence-electron chi connectivity index (χ0n) is 12.1. The second kappa shape index (κ2) is 7.26. The van der Waals surface area contributed by atoms with Gasteiger partial charge in [0, 0.05) is 6.08 Å². The van der Waals surface area contributed by atoms with Crippen LogP contribution < -0.4 is 15.2 Å². The van der Waals surface area contributed by atoms with E-state index in [0.717, 1.165) is 11.1 Å². The first kappa shape index (κ1) is 15.6. The van der Waals surface area contributed by atoms with Crippen LogP contribution in [-0.4, -0.2) is 13.0 Å². The Kier molecular flexibility index (Phi) is 5.14. The summed E-state index contributed by atoms with van der Waals surface area (Å²) in [4.78, 5) is 10.8. The molecule has 0 radical (unpaired) electrons. The van der Waals surface area contributed by atoms with E-state index in [2.05, 4.69) is 0 Å². The number of benzene rings is 2. The molecule has 2 aromatic carbocycles. The number of halogens is 1. The molecule has 0 aliphatic rings. The van der Waals surface area contributed by atoms with Gasteiger partial charge in [-0.25, -0.2) is 4.39 Å². The first-order valence-corrected chi connectivity index (χ1v) is 6.61. The van der Waals surface area contributed by atoms with E-state index in [9.17, 15) is 9.18 Å². The van der Waals surface area contributed by atoms with Crippen molar-refractivity contribution in [1.82, 2.24) is 0 Å². The zero-order valence-corrected chi connectivity index (χ0v) is 12.1. The van der Waals surface area contributed by atoms with Gasteiger partial charge in [-0.2, -0.15) is 0 Å². The Hall–Kier alpha value is -2.82. The third-order valence-corrected chi connectivity index (χ3v) is 2.94. The molecule has 4 nitrogen and oxygen atoms in total. The fourth-order valence-electron chi connectivity index (χ4n) is 1.83. The molecule has 0 aliphatic heterocycles. The molecule has 0 unspecified atom stereocenters. The minimum atomic E-state index is -0.524. The third-order valence-electron chi connectivity index (χ3n) is 2.94. The molecule has 0 atom stereocenters. The van der Waals surface area contributed by atoms with Gasteiger partial charge >= 0.3 is 0 Å². The molecule has 2 aromatic rings. The Morgan fingerprint density at radius 3 is 2.55 bits per heavy atom. The lowest BCUT2D eigenvalue weighted by atomic mass is 10.2. The number of nitrogens with two attached hydrogens (primary N) is 1. The molecule has 0 heterocycles. The third kappa shape index (κ3) is 4.34. The molecule has 22 heavy (non-hydrogen) atoms. The molecule has 0 fully saturated rings. The van der Waals surface area contributed by atoms with Gasteiger partial charge in [0.2, 0.25) is 5.91 Å². The Morgan fingerprint density at radius 1 is 1.18 bits per heavy atom. The summed E-state index contributed by atoms with van der Waals surface area (Å²) >= 11 is 0. The SMILES string of the molecule is COc1ccc(/C=C/C(N)=O)cc1OCc1ccc(F)cc1. The molecule has 0 spiro atoms. The second-order valence-corrected chi connectivity index (χ2v) is 4.56. The van der Waals surface area contributed by atoms with E-state index in [0.29, 0.717) is 11.5 Å². The van der Waals surface area contributed by atoms with E-state index in [1.807, 2.05) is 0 Å². The normalized spacial score (nSPS) is 10.6. The summed E-state index contributed by atoms with van der Waals surface area (Å²) in [5.74, 6) is 0.279. The predicted molar refractivity (Wildman–Crippen MR) is 82.0 cm³/mol. The standard InChI is InChI=1S/C17H16FNO3/c1-21-15-8-4-12(5-9-17(19)20)10-16(15)22-11-13-2-6-14(18)7-3-13/h2-10H,11H2,1H3,(H2,19,20)/b9-5+. The molecule has 0 aromatic heterocycles. The lowest BCUT2D eigenvalue weighted by Crippen LogP contribution is -2.05. The molecule has 2 N–H and O–H groups in total. The largest absolute Gasteiger partial charge is 0.493 e. The molecule has 114 valence electrons. The van der Waals surface area contributed by atoms with E-state index in [1.54, 1.807) is 43.5 Å². The van der Waals surface area contributed by atoms with Crippen LogP contribution >= 0.6 is 0 Å². The van der Waals surface area contributed by atoms with Gasteiger partial charge in [-0.3, -0.25) is 4.79 Å². The number of ether oxygens (including phenoxy) is 2. The average Bonchev–Trinajstić information content (AvgIpc) is 2.52. The van der Waals surface area contributed by atoms with Crippen LogP contribution in [0.3, 0.4) is 0 Å². The van der Waals surface area contributed by atoms with Crippen LogP contribution in [0, 0.1) is 5.82 Å². The topological polar surface area (TPSA) is 61.5 Å². The Balaban J connectivity index is 2.15. The molecule has 0 aliphatic carbocycles. The van der Waals surface area contributed by atoms with Crippen molar-refractivity contribution in [2.24, 2.45) is 5.73 Å². The summed E-state index contributed by atoms with van der Waals surface area (Å²) in [6.07, 6.45) is 2.86. The van der Waals surface area contributed by atoms with Crippen molar-refractivity contribution in [1.29, 1.82) is 0 Å². The molecular formula is C17H16FNO3. The highest BCUT2D eigenvalue weighted by molar-refractivity contribution is 5.90. The van der Waals surface area contributed by atoms with E-state index < -0.39 is 5.91 Å². The maximum Gasteiger partial charge on any atom is 0.241 e. The van der Waals surface area contributed by atoms with Crippen molar-refractivity contribution in [3.63, 3.8) is 0 Å². The van der Waals surface area contributed by atoms with Gasteiger partial charge in [-0.1, -0.05) is 18.2 Å². The van der Waals surface area contributed by atoms with Crippen molar-refractivity contribution in [3.8, 4) is 11.5 Å². The van der Waals surface area contributed by atoms with E-state index >= 15 is 0 Å². The monoisotopic (exact) mass is 301 g/mol. The first-order chi connectivity index (χ1) is 10.6. The number of primary amides is 1. The average molecular weight is 301 g/mol. The highest BCUT2D eigenvalue weighted by atomic mass is 19.1. The Morgan fingerprint density at radius 2 is 1.91 bits per heavy atom. The predicted octanol–water partition coefficient (Wildman–Crippen LogP) is 2.91. The van der Waals surface area contributed by atoms with Crippen LogP contribution in [-0.2, 0) is 11.4 Å². The van der Waals surface area contributed by atoms with Crippen molar-refractivity contribution in [2.45, 2.75) is 6.61 Å². The van der Waals surface area contributed by atoms with E-state index in [4.69, 9.17) is 15.2 Å². The fraction of sp³-hybridized carbons (Fsp3) is 0.118. The molecule has 0 saturated carbocycles. The quantitative estimate of drug-likeness (QED) is 0.834. The number of rotatable bonds is 6. The number of hydrogen-bond acceptors (Lipinski definition) is 3. The Labute approximate surface area is 128 Å². The van der Waals surface area contributed by atoms with Crippen LogP contribution in [0.1, 0.15) is 11.1 Å². The van der Waals surface area contributed by atoms with Crippen molar-refractivity contribution < 1.29 is 18.7 Å². The number of hydrogen-bond donors (Lipinski definition) is 1. The fourth-order valence-corrected chi connectivity index (χ4v) is 1.83. The number of carbonyl (C=O) groups is 1. The summed E-state index contributed by atoms with van der Waals surface area (Å²) < 4.78 is 23.8. The van der Waals surface area contributed by atoms with Crippen molar-refractivity contribution >= 4 is 12.0 Å².